The van der Waals surface area contributed by atoms with Gasteiger partial charge in [-0.2, -0.15) is 5.26 Å². The van der Waals surface area contributed by atoms with E-state index in [0.29, 0.717) is 11.4 Å². The van der Waals surface area contributed by atoms with Gasteiger partial charge in [0, 0.05) is 24.9 Å². The molecule has 0 aliphatic carbocycles. The highest BCUT2D eigenvalue weighted by molar-refractivity contribution is 5.60. The lowest BCUT2D eigenvalue weighted by molar-refractivity contribution is 0.120. The standard InChI is InChI=1S/C16H17N5O/c17-9-12-3-1-4-13(7-12)21-16-8-15(19-11-20-16)18-10-14-5-2-6-22-14/h1,3-4,7-8,11,14H,2,5-6,10H2,(H2,18,19,20,21). The molecule has 0 spiro atoms. The lowest BCUT2D eigenvalue weighted by Gasteiger charge is -2.12. The van der Waals surface area contributed by atoms with E-state index < -0.39 is 0 Å². The average molecular weight is 295 g/mol. The van der Waals surface area contributed by atoms with Gasteiger partial charge >= 0.3 is 0 Å². The molecule has 6 nitrogen and oxygen atoms in total. The van der Waals surface area contributed by atoms with Gasteiger partial charge in [0.15, 0.2) is 0 Å². The number of nitrogens with zero attached hydrogens (tertiary/aromatic N) is 3. The first-order valence-corrected chi connectivity index (χ1v) is 7.28. The summed E-state index contributed by atoms with van der Waals surface area (Å²) in [7, 11) is 0. The van der Waals surface area contributed by atoms with E-state index in [1.165, 1.54) is 6.33 Å². The quantitative estimate of drug-likeness (QED) is 0.882. The molecule has 1 aliphatic rings. The van der Waals surface area contributed by atoms with Crippen LogP contribution in [-0.2, 0) is 4.74 Å². The van der Waals surface area contributed by atoms with E-state index in [9.17, 15) is 0 Å². The van der Waals surface area contributed by atoms with Crippen molar-refractivity contribution in [2.75, 3.05) is 23.8 Å². The Balaban J connectivity index is 1.64. The number of nitrogens with one attached hydrogen (secondary N) is 2. The number of nitriles is 1. The number of hydrogen-bond acceptors (Lipinski definition) is 6. The topological polar surface area (TPSA) is 82.9 Å². The zero-order chi connectivity index (χ0) is 15.2. The third kappa shape index (κ3) is 3.71. The molecule has 3 rings (SSSR count). The van der Waals surface area contributed by atoms with Crippen LogP contribution in [-0.4, -0.2) is 29.2 Å². The van der Waals surface area contributed by atoms with Crippen LogP contribution in [0.5, 0.6) is 0 Å². The zero-order valence-electron chi connectivity index (χ0n) is 12.1. The second-order valence-corrected chi connectivity index (χ2v) is 5.12. The van der Waals surface area contributed by atoms with Crippen LogP contribution >= 0.6 is 0 Å². The predicted octanol–water partition coefficient (Wildman–Crippen LogP) is 2.68. The van der Waals surface area contributed by atoms with Crippen molar-refractivity contribution in [3.63, 3.8) is 0 Å². The van der Waals surface area contributed by atoms with Crippen molar-refractivity contribution in [3.8, 4) is 6.07 Å². The summed E-state index contributed by atoms with van der Waals surface area (Å²) in [6.07, 6.45) is 3.98. The molecular formula is C16H17N5O. The summed E-state index contributed by atoms with van der Waals surface area (Å²) in [6, 6.07) is 11.2. The van der Waals surface area contributed by atoms with E-state index >= 15 is 0 Å². The predicted molar refractivity (Wildman–Crippen MR) is 83.9 cm³/mol. The fourth-order valence-electron chi connectivity index (χ4n) is 2.36. The largest absolute Gasteiger partial charge is 0.376 e. The Morgan fingerprint density at radius 3 is 3.00 bits per heavy atom. The van der Waals surface area contributed by atoms with Crippen LogP contribution in [0.4, 0.5) is 17.3 Å². The second-order valence-electron chi connectivity index (χ2n) is 5.12. The van der Waals surface area contributed by atoms with Crippen molar-refractivity contribution in [1.29, 1.82) is 5.26 Å². The summed E-state index contributed by atoms with van der Waals surface area (Å²) in [6.45, 7) is 1.60. The third-order valence-electron chi connectivity index (χ3n) is 3.47. The molecule has 2 aromatic rings. The van der Waals surface area contributed by atoms with Crippen LogP contribution in [0.3, 0.4) is 0 Å². The maximum Gasteiger partial charge on any atom is 0.135 e. The molecular weight excluding hydrogens is 278 g/mol. The molecule has 1 aromatic carbocycles. The summed E-state index contributed by atoms with van der Waals surface area (Å²) < 4.78 is 5.57. The zero-order valence-corrected chi connectivity index (χ0v) is 12.1. The lowest BCUT2D eigenvalue weighted by atomic mass is 10.2. The first-order chi connectivity index (χ1) is 10.8. The number of aromatic nitrogens is 2. The molecule has 2 N–H and O–H groups in total. The molecule has 1 aliphatic heterocycles. The van der Waals surface area contributed by atoms with E-state index in [1.54, 1.807) is 12.1 Å². The molecule has 1 unspecified atom stereocenters. The second kappa shape index (κ2) is 6.87. The molecule has 112 valence electrons. The number of ether oxygens (including phenoxy) is 1. The molecule has 6 heteroatoms. The molecule has 0 amide bonds. The summed E-state index contributed by atoms with van der Waals surface area (Å²) in [5, 5.41) is 15.4. The first-order valence-electron chi connectivity index (χ1n) is 7.28. The number of rotatable bonds is 5. The molecule has 22 heavy (non-hydrogen) atoms. The van der Waals surface area contributed by atoms with Crippen molar-refractivity contribution in [2.45, 2.75) is 18.9 Å². The Bertz CT molecular complexity index is 676. The van der Waals surface area contributed by atoms with E-state index in [-0.39, 0.29) is 6.10 Å². The molecule has 1 fully saturated rings. The van der Waals surface area contributed by atoms with E-state index in [2.05, 4.69) is 26.7 Å². The molecule has 0 bridgehead atoms. The lowest BCUT2D eigenvalue weighted by Crippen LogP contribution is -2.19. The highest BCUT2D eigenvalue weighted by atomic mass is 16.5. The monoisotopic (exact) mass is 295 g/mol. The van der Waals surface area contributed by atoms with Gasteiger partial charge in [0.1, 0.15) is 18.0 Å². The molecule has 0 saturated carbocycles. The summed E-state index contributed by atoms with van der Waals surface area (Å²) >= 11 is 0. The summed E-state index contributed by atoms with van der Waals surface area (Å²) in [5.41, 5.74) is 1.43. The van der Waals surface area contributed by atoms with Gasteiger partial charge in [0.2, 0.25) is 0 Å². The highest BCUT2D eigenvalue weighted by Gasteiger charge is 2.15. The van der Waals surface area contributed by atoms with Gasteiger partial charge < -0.3 is 15.4 Å². The van der Waals surface area contributed by atoms with Crippen molar-refractivity contribution < 1.29 is 4.74 Å². The van der Waals surface area contributed by atoms with E-state index in [4.69, 9.17) is 10.00 Å². The molecule has 1 aromatic heterocycles. The van der Waals surface area contributed by atoms with Gasteiger partial charge in [-0.15, -0.1) is 0 Å². The Kier molecular flexibility index (Phi) is 4.47. The summed E-state index contributed by atoms with van der Waals surface area (Å²) in [5.74, 6) is 1.43. The van der Waals surface area contributed by atoms with Gasteiger partial charge in [0.05, 0.1) is 17.7 Å². The van der Waals surface area contributed by atoms with Crippen LogP contribution in [0, 0.1) is 11.3 Å². The number of benzene rings is 1. The van der Waals surface area contributed by atoms with Gasteiger partial charge in [-0.3, -0.25) is 0 Å². The minimum Gasteiger partial charge on any atom is -0.376 e. The smallest absolute Gasteiger partial charge is 0.135 e. The fourth-order valence-corrected chi connectivity index (χ4v) is 2.36. The molecule has 1 atom stereocenters. The van der Waals surface area contributed by atoms with E-state index in [1.807, 2.05) is 18.2 Å². The van der Waals surface area contributed by atoms with Crippen molar-refractivity contribution in [3.05, 3.63) is 42.2 Å². The van der Waals surface area contributed by atoms with Crippen LogP contribution in [0.2, 0.25) is 0 Å². The van der Waals surface area contributed by atoms with Crippen molar-refractivity contribution in [1.82, 2.24) is 9.97 Å². The normalized spacial score (nSPS) is 17.0. The van der Waals surface area contributed by atoms with Gasteiger partial charge in [-0.25, -0.2) is 9.97 Å². The third-order valence-corrected chi connectivity index (χ3v) is 3.47. The Labute approximate surface area is 129 Å². The maximum absolute atomic E-state index is 8.92. The molecule has 0 radical (unpaired) electrons. The van der Waals surface area contributed by atoms with Crippen molar-refractivity contribution in [2.24, 2.45) is 0 Å². The first kappa shape index (κ1) is 14.3. The van der Waals surface area contributed by atoms with Gasteiger partial charge in [-0.05, 0) is 31.0 Å². The summed E-state index contributed by atoms with van der Waals surface area (Å²) in [4.78, 5) is 8.40. The van der Waals surface area contributed by atoms with Gasteiger partial charge in [0.25, 0.3) is 0 Å². The highest BCUT2D eigenvalue weighted by Crippen LogP contribution is 2.18. The number of anilines is 3. The molecule has 2 heterocycles. The Morgan fingerprint density at radius 2 is 2.18 bits per heavy atom. The van der Waals surface area contributed by atoms with E-state index in [0.717, 1.165) is 37.5 Å². The molecule has 1 saturated heterocycles. The van der Waals surface area contributed by atoms with Crippen LogP contribution in [0.1, 0.15) is 18.4 Å². The van der Waals surface area contributed by atoms with Crippen LogP contribution in [0.15, 0.2) is 36.7 Å². The minimum atomic E-state index is 0.263. The Morgan fingerprint density at radius 1 is 1.27 bits per heavy atom. The van der Waals surface area contributed by atoms with Crippen LogP contribution < -0.4 is 10.6 Å². The number of hydrogen-bond donors (Lipinski definition) is 2. The van der Waals surface area contributed by atoms with Crippen LogP contribution in [0.25, 0.3) is 0 Å². The van der Waals surface area contributed by atoms with Gasteiger partial charge in [-0.1, -0.05) is 6.07 Å². The average Bonchev–Trinajstić information content (AvgIpc) is 3.07. The maximum atomic E-state index is 8.92. The minimum absolute atomic E-state index is 0.263. The fraction of sp³-hybridized carbons (Fsp3) is 0.312. The van der Waals surface area contributed by atoms with Crippen molar-refractivity contribution >= 4 is 17.3 Å². The Hall–Kier alpha value is -2.65. The SMILES string of the molecule is N#Cc1cccc(Nc2cc(NCC3CCCO3)ncn2)c1.